The quantitative estimate of drug-likeness (QED) is 0.657. The highest BCUT2D eigenvalue weighted by atomic mass is 16.6. The third-order valence-corrected chi connectivity index (χ3v) is 2.90. The lowest BCUT2D eigenvalue weighted by Gasteiger charge is -2.33. The minimum absolute atomic E-state index is 0.0702. The van der Waals surface area contributed by atoms with E-state index < -0.39 is 0 Å². The smallest absolute Gasteiger partial charge is 0.313 e. The van der Waals surface area contributed by atoms with Crippen molar-refractivity contribution < 1.29 is 9.53 Å². The maximum absolute atomic E-state index is 11.8. The molecule has 0 aliphatic carbocycles. The predicted molar refractivity (Wildman–Crippen MR) is 58.6 cm³/mol. The van der Waals surface area contributed by atoms with Crippen LogP contribution in [0.2, 0.25) is 0 Å². The molecule has 1 aromatic rings. The molecular formula is C13H16O2. The first-order valence-corrected chi connectivity index (χ1v) is 5.36. The Bertz CT molecular complexity index is 354. The fourth-order valence-corrected chi connectivity index (χ4v) is 1.99. The molecule has 2 rings (SSSR count). The summed E-state index contributed by atoms with van der Waals surface area (Å²) in [6.45, 7) is 3.93. The molecule has 0 unspecified atom stereocenters. The van der Waals surface area contributed by atoms with Crippen LogP contribution >= 0.6 is 0 Å². The van der Waals surface area contributed by atoms with E-state index in [-0.39, 0.29) is 17.5 Å². The molecule has 0 bridgehead atoms. The van der Waals surface area contributed by atoms with Crippen molar-refractivity contribution >= 4 is 5.97 Å². The topological polar surface area (TPSA) is 26.3 Å². The van der Waals surface area contributed by atoms with Crippen LogP contribution in [0.4, 0.5) is 0 Å². The molecule has 0 spiro atoms. The van der Waals surface area contributed by atoms with Crippen molar-refractivity contribution in [1.82, 2.24) is 0 Å². The SMILES string of the molecule is CC1(C)CC[C@@H](c2ccccc2)C(=O)O1. The molecule has 1 aromatic carbocycles. The van der Waals surface area contributed by atoms with Crippen LogP contribution in [0.5, 0.6) is 0 Å². The maximum atomic E-state index is 11.8. The highest BCUT2D eigenvalue weighted by Gasteiger charge is 2.35. The molecule has 0 saturated carbocycles. The second-order valence-electron chi connectivity index (χ2n) is 4.68. The largest absolute Gasteiger partial charge is 0.459 e. The Kier molecular flexibility index (Phi) is 2.51. The summed E-state index contributed by atoms with van der Waals surface area (Å²) < 4.78 is 5.40. The van der Waals surface area contributed by atoms with Gasteiger partial charge in [-0.2, -0.15) is 0 Å². The molecule has 1 saturated heterocycles. The van der Waals surface area contributed by atoms with Crippen molar-refractivity contribution in [1.29, 1.82) is 0 Å². The first-order chi connectivity index (χ1) is 7.08. The van der Waals surface area contributed by atoms with E-state index in [1.807, 2.05) is 44.2 Å². The van der Waals surface area contributed by atoms with Gasteiger partial charge in [0, 0.05) is 0 Å². The summed E-state index contributed by atoms with van der Waals surface area (Å²) in [5, 5.41) is 0. The van der Waals surface area contributed by atoms with E-state index in [0.29, 0.717) is 0 Å². The van der Waals surface area contributed by atoms with Crippen LogP contribution in [0.15, 0.2) is 30.3 Å². The van der Waals surface area contributed by atoms with Gasteiger partial charge in [-0.3, -0.25) is 4.79 Å². The Labute approximate surface area is 90.3 Å². The van der Waals surface area contributed by atoms with Crippen LogP contribution in [0, 0.1) is 0 Å². The van der Waals surface area contributed by atoms with Gasteiger partial charge < -0.3 is 4.74 Å². The fraction of sp³-hybridized carbons (Fsp3) is 0.462. The van der Waals surface area contributed by atoms with Crippen molar-refractivity contribution in [3.05, 3.63) is 35.9 Å². The molecule has 0 radical (unpaired) electrons. The maximum Gasteiger partial charge on any atom is 0.313 e. The number of carbonyl (C=O) groups is 1. The molecule has 1 aliphatic rings. The fourth-order valence-electron chi connectivity index (χ4n) is 1.99. The van der Waals surface area contributed by atoms with Crippen molar-refractivity contribution in [2.75, 3.05) is 0 Å². The van der Waals surface area contributed by atoms with Gasteiger partial charge in [-0.05, 0) is 32.3 Å². The Balaban J connectivity index is 2.17. The lowest BCUT2D eigenvalue weighted by Crippen LogP contribution is -2.36. The predicted octanol–water partition coefficient (Wildman–Crippen LogP) is 2.89. The van der Waals surface area contributed by atoms with Gasteiger partial charge in [0.2, 0.25) is 0 Å². The van der Waals surface area contributed by atoms with Gasteiger partial charge in [0.25, 0.3) is 0 Å². The van der Waals surface area contributed by atoms with Crippen LogP contribution in [0.1, 0.15) is 38.2 Å². The van der Waals surface area contributed by atoms with Crippen LogP contribution in [0.3, 0.4) is 0 Å². The minimum Gasteiger partial charge on any atom is -0.459 e. The first kappa shape index (κ1) is 10.2. The van der Waals surface area contributed by atoms with Gasteiger partial charge in [0.1, 0.15) is 5.60 Å². The monoisotopic (exact) mass is 204 g/mol. The number of hydrogen-bond donors (Lipinski definition) is 0. The number of esters is 1. The van der Waals surface area contributed by atoms with Gasteiger partial charge in [0.15, 0.2) is 0 Å². The molecule has 80 valence electrons. The van der Waals surface area contributed by atoms with Crippen molar-refractivity contribution in [3.63, 3.8) is 0 Å². The van der Waals surface area contributed by atoms with E-state index in [1.54, 1.807) is 0 Å². The first-order valence-electron chi connectivity index (χ1n) is 5.36. The van der Waals surface area contributed by atoms with E-state index in [9.17, 15) is 4.79 Å². The van der Waals surface area contributed by atoms with Crippen molar-refractivity contribution in [2.45, 2.75) is 38.2 Å². The molecule has 2 heteroatoms. The van der Waals surface area contributed by atoms with E-state index >= 15 is 0 Å². The summed E-state index contributed by atoms with van der Waals surface area (Å²) in [5.41, 5.74) is 0.778. The minimum atomic E-state index is -0.289. The van der Waals surface area contributed by atoms with Crippen LogP contribution < -0.4 is 0 Å². The van der Waals surface area contributed by atoms with Crippen LogP contribution in [-0.2, 0) is 9.53 Å². The average Bonchev–Trinajstić information content (AvgIpc) is 2.17. The van der Waals surface area contributed by atoms with Gasteiger partial charge in [-0.15, -0.1) is 0 Å². The van der Waals surface area contributed by atoms with Gasteiger partial charge in [-0.25, -0.2) is 0 Å². The van der Waals surface area contributed by atoms with E-state index in [0.717, 1.165) is 18.4 Å². The normalized spacial score (nSPS) is 24.7. The molecule has 2 nitrogen and oxygen atoms in total. The molecule has 1 fully saturated rings. The lowest BCUT2D eigenvalue weighted by atomic mass is 9.86. The number of carbonyl (C=O) groups excluding carboxylic acids is 1. The summed E-state index contributed by atoms with van der Waals surface area (Å²) in [7, 11) is 0. The molecule has 15 heavy (non-hydrogen) atoms. The van der Waals surface area contributed by atoms with Gasteiger partial charge in [0.05, 0.1) is 5.92 Å². The van der Waals surface area contributed by atoms with E-state index in [1.165, 1.54) is 0 Å². The summed E-state index contributed by atoms with van der Waals surface area (Å²) >= 11 is 0. The van der Waals surface area contributed by atoms with Crippen molar-refractivity contribution in [3.8, 4) is 0 Å². The second-order valence-corrected chi connectivity index (χ2v) is 4.68. The number of cyclic esters (lactones) is 1. The standard InChI is InChI=1S/C13H16O2/c1-13(2)9-8-11(12(14)15-13)10-6-4-3-5-7-10/h3-7,11H,8-9H2,1-2H3/t11-/m0/s1. The van der Waals surface area contributed by atoms with Gasteiger partial charge in [-0.1, -0.05) is 30.3 Å². The second kappa shape index (κ2) is 3.69. The molecule has 0 amide bonds. The summed E-state index contributed by atoms with van der Waals surface area (Å²) in [6.07, 6.45) is 1.81. The number of ether oxygens (including phenoxy) is 1. The molecule has 0 aromatic heterocycles. The Morgan fingerprint density at radius 3 is 2.53 bits per heavy atom. The van der Waals surface area contributed by atoms with Crippen LogP contribution in [-0.4, -0.2) is 11.6 Å². The third kappa shape index (κ3) is 2.20. The number of rotatable bonds is 1. The molecule has 1 aliphatic heterocycles. The summed E-state index contributed by atoms with van der Waals surface area (Å²) in [4.78, 5) is 11.8. The van der Waals surface area contributed by atoms with Crippen LogP contribution in [0.25, 0.3) is 0 Å². The molecular weight excluding hydrogens is 188 g/mol. The van der Waals surface area contributed by atoms with E-state index in [2.05, 4.69) is 0 Å². The van der Waals surface area contributed by atoms with E-state index in [4.69, 9.17) is 4.74 Å². The van der Waals surface area contributed by atoms with Crippen molar-refractivity contribution in [2.24, 2.45) is 0 Å². The number of benzene rings is 1. The van der Waals surface area contributed by atoms with Gasteiger partial charge >= 0.3 is 5.97 Å². The zero-order valence-corrected chi connectivity index (χ0v) is 9.19. The Morgan fingerprint density at radius 1 is 1.27 bits per heavy atom. The Morgan fingerprint density at radius 2 is 1.93 bits per heavy atom. The molecule has 0 N–H and O–H groups in total. The lowest BCUT2D eigenvalue weighted by molar-refractivity contribution is -0.165. The highest BCUT2D eigenvalue weighted by molar-refractivity contribution is 5.79. The number of hydrogen-bond acceptors (Lipinski definition) is 2. The molecule has 1 atom stereocenters. The summed E-state index contributed by atoms with van der Waals surface area (Å²) in [6, 6.07) is 9.86. The average molecular weight is 204 g/mol. The Hall–Kier alpha value is -1.31. The summed E-state index contributed by atoms with van der Waals surface area (Å²) in [5.74, 6) is -0.156. The zero-order chi connectivity index (χ0) is 10.9. The molecule has 1 heterocycles. The highest BCUT2D eigenvalue weighted by Crippen LogP contribution is 2.34. The zero-order valence-electron chi connectivity index (χ0n) is 9.19. The third-order valence-electron chi connectivity index (χ3n) is 2.90.